The maximum atomic E-state index is 12.3. The third-order valence-corrected chi connectivity index (χ3v) is 2.84. The van der Waals surface area contributed by atoms with E-state index in [0.29, 0.717) is 0 Å². The quantitative estimate of drug-likeness (QED) is 0.857. The van der Waals surface area contributed by atoms with E-state index in [4.69, 9.17) is 0 Å². The smallest absolute Gasteiger partial charge is 0.416 e. The number of halogens is 3. The number of alkyl halides is 3. The van der Waals surface area contributed by atoms with Crippen molar-refractivity contribution in [3.63, 3.8) is 0 Å². The Morgan fingerprint density at radius 2 is 1.76 bits per heavy atom. The zero-order chi connectivity index (χ0) is 12.6. The lowest BCUT2D eigenvalue weighted by molar-refractivity contribution is -0.137. The SMILES string of the molecule is O=c1scc(O)n1-c1ccc(C(F)(F)F)cc1. The number of thiazole rings is 1. The lowest BCUT2D eigenvalue weighted by Gasteiger charge is -2.08. The maximum Gasteiger partial charge on any atom is 0.416 e. The number of rotatable bonds is 1. The van der Waals surface area contributed by atoms with Gasteiger partial charge in [-0.25, -0.2) is 4.57 Å². The van der Waals surface area contributed by atoms with E-state index in [0.717, 1.165) is 40.2 Å². The van der Waals surface area contributed by atoms with Gasteiger partial charge < -0.3 is 5.11 Å². The highest BCUT2D eigenvalue weighted by molar-refractivity contribution is 7.07. The minimum absolute atomic E-state index is 0.196. The molecule has 0 atom stereocenters. The van der Waals surface area contributed by atoms with Crippen molar-refractivity contribution < 1.29 is 18.3 Å². The fourth-order valence-electron chi connectivity index (χ4n) is 1.34. The van der Waals surface area contributed by atoms with Crippen molar-refractivity contribution in [2.75, 3.05) is 0 Å². The zero-order valence-electron chi connectivity index (χ0n) is 8.23. The molecular weight excluding hydrogens is 255 g/mol. The van der Waals surface area contributed by atoms with Crippen molar-refractivity contribution in [2.24, 2.45) is 0 Å². The summed E-state index contributed by atoms with van der Waals surface area (Å²) in [4.78, 5) is 10.9. The summed E-state index contributed by atoms with van der Waals surface area (Å²) < 4.78 is 37.8. The van der Waals surface area contributed by atoms with Crippen LogP contribution in [0, 0.1) is 0 Å². The molecule has 2 aromatic rings. The molecule has 0 saturated heterocycles. The van der Waals surface area contributed by atoms with E-state index in [2.05, 4.69) is 0 Å². The molecule has 90 valence electrons. The first kappa shape index (κ1) is 11.7. The van der Waals surface area contributed by atoms with Crippen LogP contribution >= 0.6 is 11.3 Å². The predicted octanol–water partition coefficient (Wildman–Crippen LogP) is 2.62. The molecule has 0 aliphatic heterocycles. The summed E-state index contributed by atoms with van der Waals surface area (Å²) in [7, 11) is 0. The molecule has 0 radical (unpaired) electrons. The number of benzene rings is 1. The van der Waals surface area contributed by atoms with Crippen LogP contribution in [0.4, 0.5) is 13.2 Å². The molecule has 3 nitrogen and oxygen atoms in total. The average Bonchev–Trinajstić information content (AvgIpc) is 2.58. The summed E-state index contributed by atoms with van der Waals surface area (Å²) in [5, 5.41) is 10.6. The average molecular weight is 261 g/mol. The maximum absolute atomic E-state index is 12.3. The van der Waals surface area contributed by atoms with Crippen LogP contribution in [0.5, 0.6) is 5.88 Å². The van der Waals surface area contributed by atoms with E-state index < -0.39 is 16.6 Å². The third kappa shape index (κ3) is 2.19. The van der Waals surface area contributed by atoms with Crippen LogP contribution in [0.15, 0.2) is 34.4 Å². The van der Waals surface area contributed by atoms with Crippen molar-refractivity contribution in [2.45, 2.75) is 6.18 Å². The number of aromatic hydroxyl groups is 1. The van der Waals surface area contributed by atoms with Gasteiger partial charge in [0, 0.05) is 0 Å². The highest BCUT2D eigenvalue weighted by Crippen LogP contribution is 2.29. The highest BCUT2D eigenvalue weighted by Gasteiger charge is 2.30. The molecule has 1 heterocycles. The monoisotopic (exact) mass is 261 g/mol. The van der Waals surface area contributed by atoms with Crippen LogP contribution < -0.4 is 4.87 Å². The Labute approximate surface area is 97.4 Å². The first-order chi connectivity index (χ1) is 7.89. The van der Waals surface area contributed by atoms with Crippen molar-refractivity contribution in [1.29, 1.82) is 0 Å². The Morgan fingerprint density at radius 1 is 1.18 bits per heavy atom. The molecule has 0 aliphatic rings. The Morgan fingerprint density at radius 3 is 2.18 bits per heavy atom. The predicted molar refractivity (Wildman–Crippen MR) is 56.6 cm³/mol. The molecule has 7 heteroatoms. The van der Waals surface area contributed by atoms with E-state index in [-0.39, 0.29) is 11.6 Å². The summed E-state index contributed by atoms with van der Waals surface area (Å²) in [5.41, 5.74) is -0.606. The fourth-order valence-corrected chi connectivity index (χ4v) is 1.96. The molecule has 1 aromatic carbocycles. The molecule has 17 heavy (non-hydrogen) atoms. The molecule has 0 saturated carbocycles. The number of hydrogen-bond donors (Lipinski definition) is 1. The van der Waals surface area contributed by atoms with Crippen molar-refractivity contribution in [3.05, 3.63) is 44.9 Å². The summed E-state index contributed by atoms with van der Waals surface area (Å²) >= 11 is 0.771. The number of hydrogen-bond acceptors (Lipinski definition) is 3. The van der Waals surface area contributed by atoms with Crippen LogP contribution in [0.3, 0.4) is 0 Å². The normalized spacial score (nSPS) is 11.7. The van der Waals surface area contributed by atoms with E-state index in [1.54, 1.807) is 0 Å². The number of nitrogens with zero attached hydrogens (tertiary/aromatic N) is 1. The van der Waals surface area contributed by atoms with Crippen LogP contribution in [0.1, 0.15) is 5.56 Å². The van der Waals surface area contributed by atoms with Gasteiger partial charge in [0.25, 0.3) is 0 Å². The molecule has 0 amide bonds. The fraction of sp³-hybridized carbons (Fsp3) is 0.100. The van der Waals surface area contributed by atoms with Gasteiger partial charge in [-0.2, -0.15) is 13.2 Å². The lowest BCUT2D eigenvalue weighted by Crippen LogP contribution is -2.11. The van der Waals surface area contributed by atoms with Gasteiger partial charge in [0.2, 0.25) is 5.88 Å². The van der Waals surface area contributed by atoms with Gasteiger partial charge in [-0.15, -0.1) is 0 Å². The second-order valence-corrected chi connectivity index (χ2v) is 4.06. The van der Waals surface area contributed by atoms with Gasteiger partial charge in [0.05, 0.1) is 16.6 Å². The summed E-state index contributed by atoms with van der Waals surface area (Å²) in [6, 6.07) is 3.99. The molecule has 0 fully saturated rings. The Hall–Kier alpha value is -1.76. The minimum Gasteiger partial charge on any atom is -0.494 e. The molecule has 2 rings (SSSR count). The zero-order valence-corrected chi connectivity index (χ0v) is 9.05. The Balaban J connectivity index is 2.47. The van der Waals surface area contributed by atoms with Crippen LogP contribution in [-0.4, -0.2) is 9.67 Å². The molecule has 0 aliphatic carbocycles. The van der Waals surface area contributed by atoms with Gasteiger partial charge in [0.15, 0.2) is 0 Å². The largest absolute Gasteiger partial charge is 0.494 e. The highest BCUT2D eigenvalue weighted by atomic mass is 32.1. The summed E-state index contributed by atoms with van der Waals surface area (Å²) in [5.74, 6) is -0.292. The van der Waals surface area contributed by atoms with Crippen LogP contribution in [-0.2, 0) is 6.18 Å². The van der Waals surface area contributed by atoms with E-state index in [1.165, 1.54) is 5.38 Å². The Bertz CT molecular complexity index is 583. The lowest BCUT2D eigenvalue weighted by atomic mass is 10.2. The topological polar surface area (TPSA) is 42.2 Å². The van der Waals surface area contributed by atoms with Gasteiger partial charge >= 0.3 is 11.0 Å². The standard InChI is InChI=1S/C10H6F3NO2S/c11-10(12,13)6-1-3-7(4-2-6)14-8(15)5-17-9(14)16/h1-5,15H. The summed E-state index contributed by atoms with van der Waals surface area (Å²) in [6.07, 6.45) is -4.42. The van der Waals surface area contributed by atoms with Crippen molar-refractivity contribution in [3.8, 4) is 11.6 Å². The molecule has 1 N–H and O–H groups in total. The molecule has 0 unspecified atom stereocenters. The van der Waals surface area contributed by atoms with Crippen molar-refractivity contribution in [1.82, 2.24) is 4.57 Å². The van der Waals surface area contributed by atoms with Crippen molar-refractivity contribution >= 4 is 11.3 Å². The summed E-state index contributed by atoms with van der Waals surface area (Å²) in [6.45, 7) is 0. The second-order valence-electron chi connectivity index (χ2n) is 3.24. The van der Waals surface area contributed by atoms with E-state index in [9.17, 15) is 23.1 Å². The first-order valence-corrected chi connectivity index (χ1v) is 5.35. The van der Waals surface area contributed by atoms with Gasteiger partial charge in [-0.1, -0.05) is 11.3 Å². The first-order valence-electron chi connectivity index (χ1n) is 4.47. The van der Waals surface area contributed by atoms with Crippen LogP contribution in [0.25, 0.3) is 5.69 Å². The minimum atomic E-state index is -4.42. The van der Waals surface area contributed by atoms with Gasteiger partial charge in [-0.3, -0.25) is 4.79 Å². The molecular formula is C10H6F3NO2S. The van der Waals surface area contributed by atoms with E-state index in [1.807, 2.05) is 0 Å². The molecule has 0 spiro atoms. The number of aromatic nitrogens is 1. The van der Waals surface area contributed by atoms with Crippen LogP contribution in [0.2, 0.25) is 0 Å². The Kier molecular flexibility index (Phi) is 2.70. The molecule has 0 bridgehead atoms. The molecule has 1 aromatic heterocycles. The van der Waals surface area contributed by atoms with Gasteiger partial charge in [0.1, 0.15) is 0 Å². The van der Waals surface area contributed by atoms with E-state index >= 15 is 0 Å². The second kappa shape index (κ2) is 3.92. The van der Waals surface area contributed by atoms with Gasteiger partial charge in [-0.05, 0) is 24.3 Å². The third-order valence-electron chi connectivity index (χ3n) is 2.13.